The molecular formula is C12H15ClN4O. The summed E-state index contributed by atoms with van der Waals surface area (Å²) in [5.74, 6) is 0.857. The number of hydrogen-bond acceptors (Lipinski definition) is 3. The number of likely N-dealkylation sites (N-methyl/N-ethyl adjacent to an activating group) is 1. The number of rotatable bonds is 4. The van der Waals surface area contributed by atoms with Gasteiger partial charge in [-0.25, -0.2) is 9.97 Å². The van der Waals surface area contributed by atoms with E-state index in [9.17, 15) is 4.79 Å². The number of carbonyl (C=O) groups is 1. The molecule has 0 spiro atoms. The lowest BCUT2D eigenvalue weighted by molar-refractivity contribution is -0.121. The average molecular weight is 267 g/mol. The zero-order valence-corrected chi connectivity index (χ0v) is 11.2. The van der Waals surface area contributed by atoms with Gasteiger partial charge in [0.15, 0.2) is 5.65 Å². The van der Waals surface area contributed by atoms with Crippen molar-refractivity contribution in [1.29, 1.82) is 0 Å². The molecule has 0 unspecified atom stereocenters. The first-order valence-electron chi connectivity index (χ1n) is 5.80. The van der Waals surface area contributed by atoms with E-state index in [-0.39, 0.29) is 18.3 Å². The van der Waals surface area contributed by atoms with Gasteiger partial charge in [0.05, 0.1) is 5.88 Å². The van der Waals surface area contributed by atoms with E-state index < -0.39 is 0 Å². The summed E-state index contributed by atoms with van der Waals surface area (Å²) in [6.07, 6.45) is 1.76. The number of pyridine rings is 1. The van der Waals surface area contributed by atoms with Gasteiger partial charge in [0.1, 0.15) is 17.9 Å². The molecule has 0 saturated heterocycles. The normalized spacial score (nSPS) is 10.8. The summed E-state index contributed by atoms with van der Waals surface area (Å²) in [4.78, 5) is 20.4. The third-order valence-electron chi connectivity index (χ3n) is 2.60. The standard InChI is InChI=1S/C12H15ClN4O/c1-3-14-11(18)7-17-10(5-13)16-9-4-8(2)6-15-12(9)17/h4,6H,3,5,7H2,1-2H3,(H,14,18). The Bertz CT molecular complexity index is 579. The summed E-state index contributed by atoms with van der Waals surface area (Å²) in [6.45, 7) is 4.64. The Morgan fingerprint density at radius 1 is 1.56 bits per heavy atom. The lowest BCUT2D eigenvalue weighted by Gasteiger charge is -2.06. The van der Waals surface area contributed by atoms with Crippen molar-refractivity contribution in [2.75, 3.05) is 6.54 Å². The summed E-state index contributed by atoms with van der Waals surface area (Å²) >= 11 is 5.86. The minimum atomic E-state index is -0.0643. The van der Waals surface area contributed by atoms with Crippen molar-refractivity contribution in [2.24, 2.45) is 0 Å². The number of nitrogens with one attached hydrogen (secondary N) is 1. The fourth-order valence-electron chi connectivity index (χ4n) is 1.82. The fraction of sp³-hybridized carbons (Fsp3) is 0.417. The lowest BCUT2D eigenvalue weighted by Crippen LogP contribution is -2.27. The monoisotopic (exact) mass is 266 g/mol. The Morgan fingerprint density at radius 2 is 2.33 bits per heavy atom. The number of halogens is 1. The van der Waals surface area contributed by atoms with Crippen LogP contribution < -0.4 is 5.32 Å². The molecule has 0 bridgehead atoms. The molecule has 0 aliphatic heterocycles. The summed E-state index contributed by atoms with van der Waals surface area (Å²) in [5.41, 5.74) is 2.50. The number of aryl methyl sites for hydroxylation is 1. The van der Waals surface area contributed by atoms with Gasteiger partial charge in [-0.15, -0.1) is 11.6 Å². The van der Waals surface area contributed by atoms with Crippen molar-refractivity contribution >= 4 is 28.7 Å². The molecule has 0 saturated carbocycles. The first-order chi connectivity index (χ1) is 8.65. The predicted molar refractivity (Wildman–Crippen MR) is 70.5 cm³/mol. The van der Waals surface area contributed by atoms with Gasteiger partial charge in [-0.05, 0) is 25.5 Å². The average Bonchev–Trinajstić information content (AvgIpc) is 2.66. The highest BCUT2D eigenvalue weighted by Gasteiger charge is 2.13. The number of hydrogen-bond donors (Lipinski definition) is 1. The molecule has 18 heavy (non-hydrogen) atoms. The number of nitrogens with zero attached hydrogens (tertiary/aromatic N) is 3. The summed E-state index contributed by atoms with van der Waals surface area (Å²) in [6, 6.07) is 1.94. The number of fused-ring (bicyclic) bond motifs is 1. The summed E-state index contributed by atoms with van der Waals surface area (Å²) in [7, 11) is 0. The molecule has 2 heterocycles. The molecule has 2 aromatic heterocycles. The van der Waals surface area contributed by atoms with Crippen LogP contribution in [0.1, 0.15) is 18.3 Å². The molecule has 1 amide bonds. The Labute approximate surface area is 110 Å². The quantitative estimate of drug-likeness (QED) is 0.856. The molecule has 0 atom stereocenters. The van der Waals surface area contributed by atoms with E-state index in [1.165, 1.54) is 0 Å². The van der Waals surface area contributed by atoms with E-state index in [1.54, 1.807) is 10.8 Å². The van der Waals surface area contributed by atoms with Crippen molar-refractivity contribution in [2.45, 2.75) is 26.3 Å². The van der Waals surface area contributed by atoms with Crippen LogP contribution in [0.4, 0.5) is 0 Å². The molecule has 0 aromatic carbocycles. The molecule has 2 rings (SSSR count). The molecular weight excluding hydrogens is 252 g/mol. The molecule has 2 aromatic rings. The van der Waals surface area contributed by atoms with Gasteiger partial charge in [0.25, 0.3) is 0 Å². The molecule has 96 valence electrons. The van der Waals surface area contributed by atoms with E-state index in [0.717, 1.165) is 11.1 Å². The highest BCUT2D eigenvalue weighted by molar-refractivity contribution is 6.16. The van der Waals surface area contributed by atoms with Gasteiger partial charge in [0.2, 0.25) is 5.91 Å². The van der Waals surface area contributed by atoms with Crippen molar-refractivity contribution < 1.29 is 4.79 Å². The van der Waals surface area contributed by atoms with Crippen LogP contribution >= 0.6 is 11.6 Å². The number of aromatic nitrogens is 3. The molecule has 0 radical (unpaired) electrons. The smallest absolute Gasteiger partial charge is 0.240 e. The van der Waals surface area contributed by atoms with Crippen molar-refractivity contribution in [1.82, 2.24) is 19.9 Å². The van der Waals surface area contributed by atoms with Crippen LogP contribution in [0.25, 0.3) is 11.2 Å². The van der Waals surface area contributed by atoms with Crippen LogP contribution in [0.5, 0.6) is 0 Å². The lowest BCUT2D eigenvalue weighted by atomic mass is 10.3. The second-order valence-electron chi connectivity index (χ2n) is 4.06. The Hall–Kier alpha value is -1.62. The van der Waals surface area contributed by atoms with Gasteiger partial charge in [0, 0.05) is 12.7 Å². The van der Waals surface area contributed by atoms with Gasteiger partial charge < -0.3 is 9.88 Å². The van der Waals surface area contributed by atoms with Crippen LogP contribution in [-0.2, 0) is 17.2 Å². The van der Waals surface area contributed by atoms with Crippen molar-refractivity contribution in [3.63, 3.8) is 0 Å². The number of amides is 1. The van der Waals surface area contributed by atoms with Crippen LogP contribution in [0.2, 0.25) is 0 Å². The van der Waals surface area contributed by atoms with E-state index in [2.05, 4.69) is 15.3 Å². The molecule has 0 fully saturated rings. The van der Waals surface area contributed by atoms with E-state index in [4.69, 9.17) is 11.6 Å². The maximum Gasteiger partial charge on any atom is 0.240 e. The SMILES string of the molecule is CCNC(=O)Cn1c(CCl)nc2cc(C)cnc21. The first-order valence-corrected chi connectivity index (χ1v) is 6.33. The maximum absolute atomic E-state index is 11.7. The number of alkyl halides is 1. The number of carbonyl (C=O) groups excluding carboxylic acids is 1. The fourth-order valence-corrected chi connectivity index (χ4v) is 2.03. The van der Waals surface area contributed by atoms with Crippen LogP contribution in [0.3, 0.4) is 0 Å². The molecule has 0 aliphatic carbocycles. The third kappa shape index (κ3) is 2.46. The molecule has 6 heteroatoms. The highest BCUT2D eigenvalue weighted by Crippen LogP contribution is 2.16. The van der Waals surface area contributed by atoms with Gasteiger partial charge in [-0.3, -0.25) is 4.79 Å². The Balaban J connectivity index is 2.43. The van der Waals surface area contributed by atoms with Gasteiger partial charge in [-0.2, -0.15) is 0 Å². The minimum absolute atomic E-state index is 0.0643. The van der Waals surface area contributed by atoms with Crippen molar-refractivity contribution in [3.05, 3.63) is 23.7 Å². The van der Waals surface area contributed by atoms with Crippen LogP contribution in [0, 0.1) is 6.92 Å². The molecule has 5 nitrogen and oxygen atoms in total. The molecule has 0 aliphatic rings. The van der Waals surface area contributed by atoms with E-state index >= 15 is 0 Å². The number of imidazole rings is 1. The summed E-state index contributed by atoms with van der Waals surface area (Å²) in [5, 5.41) is 2.75. The third-order valence-corrected chi connectivity index (χ3v) is 2.83. The van der Waals surface area contributed by atoms with Crippen LogP contribution in [-0.4, -0.2) is 27.0 Å². The molecule has 1 N–H and O–H groups in total. The summed E-state index contributed by atoms with van der Waals surface area (Å²) < 4.78 is 1.76. The largest absolute Gasteiger partial charge is 0.355 e. The minimum Gasteiger partial charge on any atom is -0.355 e. The van der Waals surface area contributed by atoms with Gasteiger partial charge in [-0.1, -0.05) is 0 Å². The van der Waals surface area contributed by atoms with Crippen molar-refractivity contribution in [3.8, 4) is 0 Å². The highest BCUT2D eigenvalue weighted by atomic mass is 35.5. The van der Waals surface area contributed by atoms with Crippen LogP contribution in [0.15, 0.2) is 12.3 Å². The zero-order valence-electron chi connectivity index (χ0n) is 10.4. The zero-order chi connectivity index (χ0) is 13.1. The topological polar surface area (TPSA) is 59.8 Å². The van der Waals surface area contributed by atoms with E-state index in [1.807, 2.05) is 19.9 Å². The Morgan fingerprint density at radius 3 is 3.00 bits per heavy atom. The van der Waals surface area contributed by atoms with E-state index in [0.29, 0.717) is 18.0 Å². The predicted octanol–water partition coefficient (Wildman–Crippen LogP) is 1.61. The second kappa shape index (κ2) is 5.35. The Kier molecular flexibility index (Phi) is 3.81. The van der Waals surface area contributed by atoms with Gasteiger partial charge >= 0.3 is 0 Å². The maximum atomic E-state index is 11.7. The first kappa shape index (κ1) is 12.8. The second-order valence-corrected chi connectivity index (χ2v) is 4.32.